The number of methoxy groups -OCH3 is 1. The smallest absolute Gasteiger partial charge is 0.328 e. The number of hydrogen-bond donors (Lipinski definition) is 2. The van der Waals surface area contributed by atoms with Gasteiger partial charge in [0.15, 0.2) is 0 Å². The van der Waals surface area contributed by atoms with Crippen LogP contribution in [0.2, 0.25) is 0 Å². The molecule has 2 rings (SSSR count). The topological polar surface area (TPSA) is 84.5 Å². The van der Waals surface area contributed by atoms with E-state index < -0.39 is 29.8 Å². The summed E-state index contributed by atoms with van der Waals surface area (Å²) in [5.74, 6) is -1.67. The summed E-state index contributed by atoms with van der Waals surface area (Å²) in [6, 6.07) is 11.8. The standard InChI is InChI=1S/C18H17FN2O4/c1-25-17(23)15(11-12-7-9-14(19)10-8-12)20-18(24)21-16(22)13-5-3-2-4-6-13/h2-10,15H,11H2,1H3,(H2,20,21,22,24). The van der Waals surface area contributed by atoms with E-state index in [1.54, 1.807) is 30.3 Å². The lowest BCUT2D eigenvalue weighted by atomic mass is 10.1. The number of amides is 3. The normalized spacial score (nSPS) is 11.3. The third kappa shape index (κ3) is 5.42. The van der Waals surface area contributed by atoms with Gasteiger partial charge in [-0.05, 0) is 29.8 Å². The van der Waals surface area contributed by atoms with Crippen LogP contribution in [0.15, 0.2) is 54.6 Å². The fraction of sp³-hybridized carbons (Fsp3) is 0.167. The minimum atomic E-state index is -1.01. The SMILES string of the molecule is COC(=O)C(Cc1ccc(F)cc1)NC(=O)NC(=O)c1ccccc1. The fourth-order valence-electron chi connectivity index (χ4n) is 2.15. The summed E-state index contributed by atoms with van der Waals surface area (Å²) in [5, 5.41) is 4.54. The minimum Gasteiger partial charge on any atom is -0.467 e. The summed E-state index contributed by atoms with van der Waals surface area (Å²) in [6.45, 7) is 0. The van der Waals surface area contributed by atoms with Gasteiger partial charge in [0.1, 0.15) is 11.9 Å². The number of nitrogens with one attached hydrogen (secondary N) is 2. The number of carbonyl (C=O) groups excluding carboxylic acids is 3. The van der Waals surface area contributed by atoms with Crippen LogP contribution in [-0.4, -0.2) is 31.1 Å². The van der Waals surface area contributed by atoms with Gasteiger partial charge in [-0.1, -0.05) is 30.3 Å². The summed E-state index contributed by atoms with van der Waals surface area (Å²) in [4.78, 5) is 35.8. The number of esters is 1. The second kappa shape index (κ2) is 8.58. The molecule has 0 aromatic heterocycles. The molecule has 130 valence electrons. The highest BCUT2D eigenvalue weighted by Crippen LogP contribution is 2.07. The molecule has 0 bridgehead atoms. The van der Waals surface area contributed by atoms with Gasteiger partial charge in [-0.2, -0.15) is 0 Å². The van der Waals surface area contributed by atoms with E-state index in [2.05, 4.69) is 15.4 Å². The fourth-order valence-corrected chi connectivity index (χ4v) is 2.15. The first-order valence-corrected chi connectivity index (χ1v) is 7.48. The Bertz CT molecular complexity index is 747. The first-order chi connectivity index (χ1) is 12.0. The van der Waals surface area contributed by atoms with Gasteiger partial charge in [0, 0.05) is 12.0 Å². The number of benzene rings is 2. The Hall–Kier alpha value is -3.22. The van der Waals surface area contributed by atoms with E-state index in [1.807, 2.05) is 0 Å². The van der Waals surface area contributed by atoms with E-state index >= 15 is 0 Å². The van der Waals surface area contributed by atoms with Crippen LogP contribution in [0.1, 0.15) is 15.9 Å². The van der Waals surface area contributed by atoms with Crippen molar-refractivity contribution >= 4 is 17.9 Å². The van der Waals surface area contributed by atoms with Crippen molar-refractivity contribution in [2.45, 2.75) is 12.5 Å². The van der Waals surface area contributed by atoms with E-state index in [0.717, 1.165) is 0 Å². The summed E-state index contributed by atoms with van der Waals surface area (Å²) in [5.41, 5.74) is 0.942. The molecule has 0 aliphatic carbocycles. The second-order valence-corrected chi connectivity index (χ2v) is 5.20. The highest BCUT2D eigenvalue weighted by molar-refractivity contribution is 6.04. The Labute approximate surface area is 144 Å². The van der Waals surface area contributed by atoms with Gasteiger partial charge in [-0.25, -0.2) is 14.0 Å². The molecule has 1 unspecified atom stereocenters. The van der Waals surface area contributed by atoms with Gasteiger partial charge in [0.05, 0.1) is 7.11 Å². The van der Waals surface area contributed by atoms with Crippen molar-refractivity contribution in [3.05, 3.63) is 71.5 Å². The summed E-state index contributed by atoms with van der Waals surface area (Å²) in [7, 11) is 1.19. The Morgan fingerprint density at radius 3 is 2.28 bits per heavy atom. The molecular formula is C18H17FN2O4. The molecule has 2 aromatic rings. The molecule has 7 heteroatoms. The number of imide groups is 1. The van der Waals surface area contributed by atoms with E-state index in [1.165, 1.54) is 31.4 Å². The molecule has 1 atom stereocenters. The Kier molecular flexibility index (Phi) is 6.22. The van der Waals surface area contributed by atoms with E-state index in [0.29, 0.717) is 11.1 Å². The lowest BCUT2D eigenvalue weighted by molar-refractivity contribution is -0.142. The Balaban J connectivity index is 2.01. The van der Waals surface area contributed by atoms with E-state index in [-0.39, 0.29) is 6.42 Å². The zero-order valence-corrected chi connectivity index (χ0v) is 13.5. The van der Waals surface area contributed by atoms with Crippen LogP contribution in [0.3, 0.4) is 0 Å². The van der Waals surface area contributed by atoms with Crippen molar-refractivity contribution in [1.29, 1.82) is 0 Å². The van der Waals surface area contributed by atoms with Gasteiger partial charge in [-0.3, -0.25) is 10.1 Å². The largest absolute Gasteiger partial charge is 0.467 e. The molecule has 0 spiro atoms. The zero-order chi connectivity index (χ0) is 18.2. The average molecular weight is 344 g/mol. The maximum Gasteiger partial charge on any atom is 0.328 e. The summed E-state index contributed by atoms with van der Waals surface area (Å²) < 4.78 is 17.6. The number of ether oxygens (including phenoxy) is 1. The molecule has 0 aliphatic heterocycles. The molecule has 3 amide bonds. The Morgan fingerprint density at radius 1 is 1.04 bits per heavy atom. The molecule has 0 aliphatic rings. The lowest BCUT2D eigenvalue weighted by Crippen LogP contribution is -2.49. The Morgan fingerprint density at radius 2 is 1.68 bits per heavy atom. The van der Waals surface area contributed by atoms with Gasteiger partial charge >= 0.3 is 12.0 Å². The van der Waals surface area contributed by atoms with Crippen molar-refractivity contribution in [2.75, 3.05) is 7.11 Å². The molecule has 2 N–H and O–H groups in total. The molecule has 0 radical (unpaired) electrons. The predicted octanol–water partition coefficient (Wildman–Crippen LogP) is 2.05. The monoisotopic (exact) mass is 344 g/mol. The zero-order valence-electron chi connectivity index (χ0n) is 13.5. The van der Waals surface area contributed by atoms with Crippen LogP contribution >= 0.6 is 0 Å². The van der Waals surface area contributed by atoms with Crippen LogP contribution < -0.4 is 10.6 Å². The van der Waals surface area contributed by atoms with Gasteiger partial charge in [-0.15, -0.1) is 0 Å². The second-order valence-electron chi connectivity index (χ2n) is 5.20. The summed E-state index contributed by atoms with van der Waals surface area (Å²) >= 11 is 0. The molecule has 6 nitrogen and oxygen atoms in total. The molecule has 25 heavy (non-hydrogen) atoms. The van der Waals surface area contributed by atoms with Gasteiger partial charge in [0.25, 0.3) is 5.91 Å². The highest BCUT2D eigenvalue weighted by Gasteiger charge is 2.23. The number of carbonyl (C=O) groups is 3. The third-order valence-electron chi connectivity index (χ3n) is 3.41. The van der Waals surface area contributed by atoms with Crippen molar-refractivity contribution in [1.82, 2.24) is 10.6 Å². The third-order valence-corrected chi connectivity index (χ3v) is 3.41. The van der Waals surface area contributed by atoms with Gasteiger partial charge in [0.2, 0.25) is 0 Å². The van der Waals surface area contributed by atoms with Crippen molar-refractivity contribution in [3.63, 3.8) is 0 Å². The number of rotatable bonds is 5. The molecule has 0 fully saturated rings. The molecular weight excluding hydrogens is 327 g/mol. The molecule has 0 heterocycles. The maximum absolute atomic E-state index is 13.0. The summed E-state index contributed by atoms with van der Waals surface area (Å²) in [6.07, 6.45) is 0.0971. The quantitative estimate of drug-likeness (QED) is 0.813. The van der Waals surface area contributed by atoms with E-state index in [4.69, 9.17) is 0 Å². The van der Waals surface area contributed by atoms with E-state index in [9.17, 15) is 18.8 Å². The molecule has 0 saturated carbocycles. The first kappa shape index (κ1) is 18.1. The predicted molar refractivity (Wildman–Crippen MR) is 88.3 cm³/mol. The lowest BCUT2D eigenvalue weighted by Gasteiger charge is -2.16. The molecule has 0 saturated heterocycles. The maximum atomic E-state index is 13.0. The number of urea groups is 1. The van der Waals surface area contributed by atoms with Crippen molar-refractivity contribution < 1.29 is 23.5 Å². The van der Waals surface area contributed by atoms with Crippen LogP contribution in [0, 0.1) is 5.82 Å². The van der Waals surface area contributed by atoms with Gasteiger partial charge < -0.3 is 10.1 Å². The van der Waals surface area contributed by atoms with Crippen LogP contribution in [0.5, 0.6) is 0 Å². The number of halogens is 1. The van der Waals surface area contributed by atoms with Crippen molar-refractivity contribution in [3.8, 4) is 0 Å². The molecule has 2 aromatic carbocycles. The number of hydrogen-bond acceptors (Lipinski definition) is 4. The van der Waals surface area contributed by atoms with Crippen LogP contribution in [-0.2, 0) is 16.0 Å². The van der Waals surface area contributed by atoms with Crippen LogP contribution in [0.25, 0.3) is 0 Å². The first-order valence-electron chi connectivity index (χ1n) is 7.48. The highest BCUT2D eigenvalue weighted by atomic mass is 19.1. The van der Waals surface area contributed by atoms with Crippen LogP contribution in [0.4, 0.5) is 9.18 Å². The minimum absolute atomic E-state index is 0.0971. The average Bonchev–Trinajstić information content (AvgIpc) is 2.63. The van der Waals surface area contributed by atoms with Crippen molar-refractivity contribution in [2.24, 2.45) is 0 Å².